The molecule has 0 radical (unpaired) electrons. The van der Waals surface area contributed by atoms with E-state index in [2.05, 4.69) is 27.5 Å². The number of carboxylic acids is 1. The summed E-state index contributed by atoms with van der Waals surface area (Å²) in [6, 6.07) is 23.8. The van der Waals surface area contributed by atoms with Gasteiger partial charge in [0.2, 0.25) is 17.6 Å². The summed E-state index contributed by atoms with van der Waals surface area (Å²) in [6.45, 7) is 8.82. The second kappa shape index (κ2) is 34.2. The van der Waals surface area contributed by atoms with Crippen molar-refractivity contribution in [3.05, 3.63) is 173 Å². The molecule has 5 atom stereocenters. The second-order valence-corrected chi connectivity index (χ2v) is 27.5. The van der Waals surface area contributed by atoms with Crippen molar-refractivity contribution in [3.8, 4) is 22.6 Å². The van der Waals surface area contributed by atoms with Crippen LogP contribution in [0.15, 0.2) is 134 Å². The maximum atomic E-state index is 15.1. The van der Waals surface area contributed by atoms with Gasteiger partial charge in [-0.2, -0.15) is 0 Å². The molecule has 4 N–H and O–H groups in total. The van der Waals surface area contributed by atoms with Crippen LogP contribution in [-0.2, 0) is 76.5 Å². The smallest absolute Gasteiger partial charge is 0.416 e. The number of ether oxygens (including phenoxy) is 5. The quantitative estimate of drug-likeness (QED) is 0.0129. The molecule has 0 spiro atoms. The number of nitrogens with one attached hydrogen (secondary N) is 3. The number of hydrogen-bond donors (Lipinski definition) is 4. The number of aromatic carboxylic acids is 1. The highest BCUT2D eigenvalue weighted by atomic mass is 16.7. The number of amides is 6. The minimum absolute atomic E-state index is 0.00884. The molecular weight excluding hydrogens is 1360 g/mol. The number of carbonyl (C=O) groups is 11. The van der Waals surface area contributed by atoms with Gasteiger partial charge in [0.15, 0.2) is 41.4 Å². The molecule has 11 rings (SSSR count). The number of imidazole rings is 1. The summed E-state index contributed by atoms with van der Waals surface area (Å²) in [6.07, 6.45) is 8.65. The summed E-state index contributed by atoms with van der Waals surface area (Å²) in [7, 11) is 6.67. The normalized spacial score (nSPS) is 16.9. The van der Waals surface area contributed by atoms with E-state index in [-0.39, 0.29) is 134 Å². The molecule has 0 saturated carbocycles. The van der Waals surface area contributed by atoms with Gasteiger partial charge in [0.25, 0.3) is 23.6 Å². The van der Waals surface area contributed by atoms with Crippen molar-refractivity contribution in [3.63, 3.8) is 0 Å². The third-order valence-corrected chi connectivity index (χ3v) is 19.5. The van der Waals surface area contributed by atoms with Gasteiger partial charge in [0, 0.05) is 120 Å². The van der Waals surface area contributed by atoms with Crippen molar-refractivity contribution in [2.75, 3.05) is 57.2 Å². The number of aromatic nitrogens is 4. The molecule has 6 amide bonds. The van der Waals surface area contributed by atoms with Gasteiger partial charge < -0.3 is 58.8 Å². The van der Waals surface area contributed by atoms with Crippen molar-refractivity contribution in [1.82, 2.24) is 39.1 Å². The number of fused-ring (bicyclic) bond motifs is 3. The summed E-state index contributed by atoms with van der Waals surface area (Å²) in [5.74, 6) is -4.85. The van der Waals surface area contributed by atoms with E-state index in [1.165, 1.54) is 45.4 Å². The number of Topliss-reactive ketones (excluding diaryl/α,β-unsaturated/α-hetero) is 3. The lowest BCUT2D eigenvalue weighted by molar-refractivity contribution is -0.195. The second-order valence-electron chi connectivity index (χ2n) is 27.5. The number of anilines is 2. The summed E-state index contributed by atoms with van der Waals surface area (Å²) in [5, 5.41) is 18.9. The number of benzene rings is 4. The largest absolute Gasteiger partial charge is 0.493 e. The van der Waals surface area contributed by atoms with Crippen LogP contribution >= 0.6 is 0 Å². The van der Waals surface area contributed by atoms with Crippen LogP contribution in [0.5, 0.6) is 11.5 Å². The van der Waals surface area contributed by atoms with Crippen LogP contribution in [0.4, 0.5) is 16.3 Å². The van der Waals surface area contributed by atoms with Gasteiger partial charge in [-0.05, 0) is 130 Å². The number of imide groups is 1. The van der Waals surface area contributed by atoms with Gasteiger partial charge in [-0.15, -0.1) is 0 Å². The Kier molecular flexibility index (Phi) is 24.5. The Morgan fingerprint density at radius 2 is 1.54 bits per heavy atom. The fraction of sp³-hybridized carbons (Fsp3) is 0.392. The molecule has 0 aliphatic carbocycles. The van der Waals surface area contributed by atoms with Gasteiger partial charge >= 0.3 is 12.1 Å². The first-order valence-electron chi connectivity index (χ1n) is 35.6. The molecule has 7 aromatic rings. The molecule has 7 heterocycles. The van der Waals surface area contributed by atoms with Crippen LogP contribution in [0.2, 0.25) is 0 Å². The summed E-state index contributed by atoms with van der Waals surface area (Å²) < 4.78 is 35.8. The highest BCUT2D eigenvalue weighted by Crippen LogP contribution is 2.44. The molecule has 556 valence electrons. The number of carbonyl (C=O) groups excluding carboxylic acids is 10. The third kappa shape index (κ3) is 18.0. The molecule has 27 nitrogen and oxygen atoms in total. The van der Waals surface area contributed by atoms with Crippen molar-refractivity contribution in [2.45, 2.75) is 129 Å². The fourth-order valence-electron chi connectivity index (χ4n) is 13.7. The molecular formula is C79H88N10O17. The Bertz CT molecular complexity index is 4540. The van der Waals surface area contributed by atoms with Crippen molar-refractivity contribution in [1.29, 1.82) is 0 Å². The van der Waals surface area contributed by atoms with Crippen LogP contribution in [-0.4, -0.2) is 170 Å². The van der Waals surface area contributed by atoms with E-state index in [4.69, 9.17) is 23.7 Å². The summed E-state index contributed by atoms with van der Waals surface area (Å²) in [5.41, 5.74) is 5.56. The first-order valence-corrected chi connectivity index (χ1v) is 35.6. The first-order chi connectivity index (χ1) is 50.9. The zero-order valence-electron chi connectivity index (χ0n) is 60.3. The SMILES string of the molecule is C=C1C[C@H]2[C@H](OC3CCCCO3)N(C(=O)OCc3ccc(CC(=O)[C@H](CCCCNC)NC(=O)[C@@H](CC(=O)CCN4C(=O)C=CC4=O)C(C)C)cc3)c3cc(OCCCC(=O)Nc4cn(C)c(C(=O)Cc5ccc(-c6cc(C(=O)n7ccc8cc(C(=O)O)ccc87)n(C)c6)cc5)n4)c(OC)cc3C(=O)N2C1. The van der Waals surface area contributed by atoms with Gasteiger partial charge in [0.1, 0.15) is 18.1 Å². The molecule has 4 aliphatic rings. The van der Waals surface area contributed by atoms with E-state index < -0.39 is 72.1 Å². The van der Waals surface area contributed by atoms with Gasteiger partial charge in [0.05, 0.1) is 48.1 Å². The van der Waals surface area contributed by atoms with Gasteiger partial charge in [-0.3, -0.25) is 52.6 Å². The number of carboxylic acid groups (broad SMARTS) is 1. The van der Waals surface area contributed by atoms with E-state index in [9.17, 15) is 53.1 Å². The number of aryl methyl sites for hydroxylation is 2. The predicted octanol–water partition coefficient (Wildman–Crippen LogP) is 9.33. The minimum Gasteiger partial charge on any atom is -0.493 e. The number of unbranched alkanes of at least 4 members (excludes halogenated alkanes) is 1. The van der Waals surface area contributed by atoms with Crippen LogP contribution < -0.4 is 30.3 Å². The number of hydrogen-bond acceptors (Lipinski definition) is 18. The zero-order chi connectivity index (χ0) is 75.5. The van der Waals surface area contributed by atoms with Gasteiger partial charge in [-0.1, -0.05) is 74.5 Å². The molecule has 4 aromatic carbocycles. The topological polar surface area (TPSA) is 328 Å². The Balaban J connectivity index is 0.720. The Morgan fingerprint density at radius 1 is 0.802 bits per heavy atom. The van der Waals surface area contributed by atoms with E-state index in [1.54, 1.807) is 78.4 Å². The van der Waals surface area contributed by atoms with E-state index in [1.807, 2.05) is 51.4 Å². The average Bonchev–Trinajstić information content (AvgIpc) is 1.58. The highest BCUT2D eigenvalue weighted by molar-refractivity contribution is 6.13. The Hall–Kier alpha value is -11.2. The number of nitrogens with zero attached hydrogens (tertiary/aromatic N) is 7. The number of ketones is 3. The zero-order valence-corrected chi connectivity index (χ0v) is 60.3. The van der Waals surface area contributed by atoms with Crippen LogP contribution in [0, 0.1) is 11.8 Å². The van der Waals surface area contributed by atoms with E-state index in [0.717, 1.165) is 53.0 Å². The average molecular weight is 1450 g/mol. The van der Waals surface area contributed by atoms with Gasteiger partial charge in [-0.25, -0.2) is 19.5 Å². The van der Waals surface area contributed by atoms with Crippen LogP contribution in [0.1, 0.15) is 143 Å². The van der Waals surface area contributed by atoms with Crippen LogP contribution in [0.3, 0.4) is 0 Å². The molecule has 106 heavy (non-hydrogen) atoms. The molecule has 2 saturated heterocycles. The van der Waals surface area contributed by atoms with Crippen LogP contribution in [0.25, 0.3) is 22.0 Å². The maximum absolute atomic E-state index is 15.1. The predicted molar refractivity (Wildman–Crippen MR) is 390 cm³/mol. The number of methoxy groups -OCH3 is 1. The lowest BCUT2D eigenvalue weighted by Gasteiger charge is -2.38. The summed E-state index contributed by atoms with van der Waals surface area (Å²) >= 11 is 0. The molecule has 1 unspecified atom stereocenters. The Morgan fingerprint density at radius 3 is 2.25 bits per heavy atom. The first kappa shape index (κ1) is 76.0. The molecule has 2 fully saturated rings. The third-order valence-electron chi connectivity index (χ3n) is 19.5. The summed E-state index contributed by atoms with van der Waals surface area (Å²) in [4.78, 5) is 156. The maximum Gasteiger partial charge on any atom is 0.416 e. The standard InChI is InChI=1S/C79H88N10O17/c1-47(2)57(40-56(90)29-32-87-70(94)26-27-71(87)95)74(96)81-59(13-8-10-30-80-4)64(91)36-49-16-18-51(19-17-49)46-105-79(101)89-61-42-67(66(102-7)41-58(61)75(97)88-43-48(3)35-63(88)77(89)106-72-15-9-11-33-104-72)103-34-12-14-69(93)82-68-45-85(6)73(83-68)65(92)37-50-20-22-52(23-21-50)55-39-62(84(5)44-55)76(98)86-31-28-53-38-54(78(99)100)24-25-60(53)86/h16-28,31,38-39,41-42,44-45,47,57,59,63,72,77,80H,3,8-15,29-30,32-37,40,43,46H2,1-2,4-7H3,(H,81,96)(H,82,93)(H,99,100)/t57-,59-,63-,72?,77-/m0/s1. The number of rotatable bonds is 33. The Labute approximate surface area is 612 Å². The fourth-order valence-corrected chi connectivity index (χ4v) is 13.7. The van der Waals surface area contributed by atoms with Crippen molar-refractivity contribution < 1.29 is 81.5 Å². The van der Waals surface area contributed by atoms with Crippen molar-refractivity contribution >= 4 is 87.3 Å². The molecule has 3 aromatic heterocycles. The monoisotopic (exact) mass is 1450 g/mol. The lowest BCUT2D eigenvalue weighted by atomic mass is 9.88. The van der Waals surface area contributed by atoms with E-state index >= 15 is 4.79 Å². The lowest BCUT2D eigenvalue weighted by Crippen LogP contribution is -2.54. The molecule has 0 bridgehead atoms. The minimum atomic E-state index is -1.14. The van der Waals surface area contributed by atoms with E-state index in [0.29, 0.717) is 72.1 Å². The molecule has 4 aliphatic heterocycles. The molecule has 27 heteroatoms. The van der Waals surface area contributed by atoms with Crippen molar-refractivity contribution in [2.24, 2.45) is 25.9 Å². The highest BCUT2D eigenvalue weighted by Gasteiger charge is 2.49.